The predicted molar refractivity (Wildman–Crippen MR) is 90.3 cm³/mol. The Hall–Kier alpha value is -1.35. The number of carbonyl (C=O) groups is 1. The minimum absolute atomic E-state index is 0.0190. The SMILES string of the molecule is CC[C@H](CO)C(=O)N1CC2(CC(c3ccc(C4CC4)cc3)C2)C1. The van der Waals surface area contributed by atoms with Crippen LogP contribution in [0.3, 0.4) is 0 Å². The van der Waals surface area contributed by atoms with E-state index in [-0.39, 0.29) is 18.4 Å². The third-order valence-electron chi connectivity index (χ3n) is 6.24. The second-order valence-electron chi connectivity index (χ2n) is 8.03. The monoisotopic (exact) mass is 313 g/mol. The van der Waals surface area contributed by atoms with Gasteiger partial charge in [-0.25, -0.2) is 0 Å². The maximum absolute atomic E-state index is 12.2. The third-order valence-corrected chi connectivity index (χ3v) is 6.24. The second kappa shape index (κ2) is 5.62. The Bertz CT molecular complexity index is 572. The Kier molecular flexibility index (Phi) is 3.72. The Morgan fingerprint density at radius 3 is 2.22 bits per heavy atom. The van der Waals surface area contributed by atoms with Gasteiger partial charge in [0.1, 0.15) is 0 Å². The number of carbonyl (C=O) groups excluding carboxylic acids is 1. The van der Waals surface area contributed by atoms with Gasteiger partial charge in [0.25, 0.3) is 0 Å². The van der Waals surface area contributed by atoms with Crippen molar-refractivity contribution in [2.75, 3.05) is 19.7 Å². The van der Waals surface area contributed by atoms with Crippen LogP contribution < -0.4 is 0 Å². The lowest BCUT2D eigenvalue weighted by Gasteiger charge is -2.59. The van der Waals surface area contributed by atoms with Crippen LogP contribution in [0.15, 0.2) is 24.3 Å². The number of rotatable bonds is 5. The van der Waals surface area contributed by atoms with Crippen molar-refractivity contribution in [3.05, 3.63) is 35.4 Å². The average molecular weight is 313 g/mol. The summed E-state index contributed by atoms with van der Waals surface area (Å²) in [6, 6.07) is 9.29. The first kappa shape index (κ1) is 15.2. The van der Waals surface area contributed by atoms with Gasteiger partial charge >= 0.3 is 0 Å². The van der Waals surface area contributed by atoms with Crippen molar-refractivity contribution in [1.82, 2.24) is 4.90 Å². The highest BCUT2D eigenvalue weighted by Crippen LogP contribution is 2.56. The Balaban J connectivity index is 1.29. The minimum atomic E-state index is -0.196. The molecule has 3 fully saturated rings. The summed E-state index contributed by atoms with van der Waals surface area (Å²) in [5.41, 5.74) is 3.37. The molecule has 1 aliphatic heterocycles. The fraction of sp³-hybridized carbons (Fsp3) is 0.650. The van der Waals surface area contributed by atoms with Crippen LogP contribution in [0.2, 0.25) is 0 Å². The van der Waals surface area contributed by atoms with Crippen molar-refractivity contribution in [3.8, 4) is 0 Å². The van der Waals surface area contributed by atoms with Gasteiger partial charge in [-0.3, -0.25) is 4.79 Å². The number of amides is 1. The first-order valence-electron chi connectivity index (χ1n) is 9.13. The normalized spacial score (nSPS) is 24.2. The van der Waals surface area contributed by atoms with Crippen LogP contribution in [0, 0.1) is 11.3 Å². The lowest BCUT2D eigenvalue weighted by atomic mass is 9.56. The fourth-order valence-electron chi connectivity index (χ4n) is 4.50. The molecule has 0 radical (unpaired) electrons. The summed E-state index contributed by atoms with van der Waals surface area (Å²) >= 11 is 0. The van der Waals surface area contributed by atoms with Crippen molar-refractivity contribution in [3.63, 3.8) is 0 Å². The molecule has 1 aromatic carbocycles. The summed E-state index contributed by atoms with van der Waals surface area (Å²) in [4.78, 5) is 14.2. The minimum Gasteiger partial charge on any atom is -0.396 e. The largest absolute Gasteiger partial charge is 0.396 e. The molecule has 3 nitrogen and oxygen atoms in total. The van der Waals surface area contributed by atoms with Crippen LogP contribution in [0.5, 0.6) is 0 Å². The van der Waals surface area contributed by atoms with E-state index in [9.17, 15) is 9.90 Å². The van der Waals surface area contributed by atoms with Crippen molar-refractivity contribution >= 4 is 5.91 Å². The molecule has 1 saturated heterocycles. The molecule has 3 heteroatoms. The molecule has 1 atom stereocenters. The zero-order valence-corrected chi connectivity index (χ0v) is 14.0. The standard InChI is InChI=1S/C20H27NO2/c1-2-14(11-22)19(23)21-12-20(13-21)9-18(10-20)17-7-5-16(6-8-17)15-3-4-15/h5-8,14-15,18,22H,2-4,9-13H2,1H3/t14-/m1/s1. The molecular weight excluding hydrogens is 286 g/mol. The first-order chi connectivity index (χ1) is 11.1. The molecule has 3 aliphatic rings. The smallest absolute Gasteiger partial charge is 0.228 e. The van der Waals surface area contributed by atoms with Crippen LogP contribution in [0.1, 0.15) is 62.0 Å². The summed E-state index contributed by atoms with van der Waals surface area (Å²) in [5.74, 6) is 1.47. The van der Waals surface area contributed by atoms with E-state index in [0.29, 0.717) is 11.3 Å². The number of hydrogen-bond donors (Lipinski definition) is 1. The molecule has 0 bridgehead atoms. The summed E-state index contributed by atoms with van der Waals surface area (Å²) in [7, 11) is 0. The predicted octanol–water partition coefficient (Wildman–Crippen LogP) is 3.29. The molecule has 1 heterocycles. The highest BCUT2D eigenvalue weighted by Gasteiger charge is 2.54. The van der Waals surface area contributed by atoms with Crippen molar-refractivity contribution < 1.29 is 9.90 Å². The topological polar surface area (TPSA) is 40.5 Å². The van der Waals surface area contributed by atoms with Gasteiger partial charge in [0, 0.05) is 18.5 Å². The molecule has 4 rings (SSSR count). The molecule has 124 valence electrons. The first-order valence-corrected chi connectivity index (χ1v) is 9.13. The molecule has 2 aliphatic carbocycles. The van der Waals surface area contributed by atoms with Crippen LogP contribution in [-0.2, 0) is 4.79 Å². The summed E-state index contributed by atoms with van der Waals surface area (Å²) in [5, 5.41) is 9.28. The zero-order chi connectivity index (χ0) is 16.0. The van der Waals surface area contributed by atoms with E-state index in [2.05, 4.69) is 24.3 Å². The number of hydrogen-bond acceptors (Lipinski definition) is 2. The highest BCUT2D eigenvalue weighted by atomic mass is 16.3. The number of benzene rings is 1. The van der Waals surface area contributed by atoms with E-state index in [1.165, 1.54) is 36.8 Å². The second-order valence-corrected chi connectivity index (χ2v) is 8.03. The van der Waals surface area contributed by atoms with Gasteiger partial charge in [-0.1, -0.05) is 31.2 Å². The van der Waals surface area contributed by atoms with Crippen LogP contribution in [-0.4, -0.2) is 35.6 Å². The van der Waals surface area contributed by atoms with Gasteiger partial charge in [-0.2, -0.15) is 0 Å². The lowest BCUT2D eigenvalue weighted by molar-refractivity contribution is -0.157. The van der Waals surface area contributed by atoms with Gasteiger partial charge < -0.3 is 10.0 Å². The number of aliphatic hydroxyl groups is 1. The van der Waals surface area contributed by atoms with Crippen LogP contribution >= 0.6 is 0 Å². The summed E-state index contributed by atoms with van der Waals surface area (Å²) in [6.45, 7) is 3.76. The Morgan fingerprint density at radius 1 is 1.17 bits per heavy atom. The number of nitrogens with zero attached hydrogens (tertiary/aromatic N) is 1. The molecule has 1 aromatic rings. The van der Waals surface area contributed by atoms with Crippen molar-refractivity contribution in [1.29, 1.82) is 0 Å². The molecular formula is C20H27NO2. The quantitative estimate of drug-likeness (QED) is 0.906. The van der Waals surface area contributed by atoms with E-state index >= 15 is 0 Å². The van der Waals surface area contributed by atoms with Crippen molar-refractivity contribution in [2.24, 2.45) is 11.3 Å². The van der Waals surface area contributed by atoms with Gasteiger partial charge in [-0.15, -0.1) is 0 Å². The molecule has 1 spiro atoms. The lowest BCUT2D eigenvalue weighted by Crippen LogP contribution is -2.64. The molecule has 0 unspecified atom stereocenters. The molecule has 1 N–H and O–H groups in total. The van der Waals surface area contributed by atoms with Crippen molar-refractivity contribution in [2.45, 2.75) is 50.9 Å². The van der Waals surface area contributed by atoms with Gasteiger partial charge in [-0.05, 0) is 55.1 Å². The Labute approximate surface area is 138 Å². The maximum Gasteiger partial charge on any atom is 0.228 e. The molecule has 23 heavy (non-hydrogen) atoms. The van der Waals surface area contributed by atoms with Crippen LogP contribution in [0.4, 0.5) is 0 Å². The zero-order valence-electron chi connectivity index (χ0n) is 14.0. The fourth-order valence-corrected chi connectivity index (χ4v) is 4.50. The van der Waals surface area contributed by atoms with E-state index in [1.807, 2.05) is 11.8 Å². The Morgan fingerprint density at radius 2 is 1.74 bits per heavy atom. The van der Waals surface area contributed by atoms with Gasteiger partial charge in [0.15, 0.2) is 0 Å². The summed E-state index contributed by atoms with van der Waals surface area (Å²) in [6.07, 6.45) is 5.89. The van der Waals surface area contributed by atoms with Gasteiger partial charge in [0.05, 0.1) is 12.5 Å². The van der Waals surface area contributed by atoms with E-state index in [1.54, 1.807) is 0 Å². The average Bonchev–Trinajstić information content (AvgIpc) is 3.31. The third kappa shape index (κ3) is 2.69. The summed E-state index contributed by atoms with van der Waals surface area (Å²) < 4.78 is 0. The molecule has 2 saturated carbocycles. The maximum atomic E-state index is 12.2. The van der Waals surface area contributed by atoms with Crippen LogP contribution in [0.25, 0.3) is 0 Å². The van der Waals surface area contributed by atoms with Gasteiger partial charge in [0.2, 0.25) is 5.91 Å². The highest BCUT2D eigenvalue weighted by molar-refractivity contribution is 5.80. The van der Waals surface area contributed by atoms with E-state index < -0.39 is 0 Å². The molecule has 0 aromatic heterocycles. The van der Waals surface area contributed by atoms with E-state index in [4.69, 9.17) is 0 Å². The molecule has 1 amide bonds. The van der Waals surface area contributed by atoms with E-state index in [0.717, 1.165) is 25.4 Å². The number of aliphatic hydroxyl groups excluding tert-OH is 1. The number of likely N-dealkylation sites (tertiary alicyclic amines) is 1.